The summed E-state index contributed by atoms with van der Waals surface area (Å²) >= 11 is 3.96. The highest BCUT2D eigenvalue weighted by atomic mass is 33.1. The number of rotatable bonds is 10. The highest BCUT2D eigenvalue weighted by molar-refractivity contribution is 8.69. The Bertz CT molecular complexity index is 163. The van der Waals surface area contributed by atoms with E-state index in [4.69, 9.17) is 5.11 Å². The zero-order valence-electron chi connectivity index (χ0n) is 9.45. The van der Waals surface area contributed by atoms with E-state index in [1.165, 1.54) is 32.1 Å². The summed E-state index contributed by atoms with van der Waals surface area (Å²) < 4.78 is 0. The van der Waals surface area contributed by atoms with Gasteiger partial charge in [0.1, 0.15) is 5.25 Å². The molecular formula is C11H22O2S2. The second-order valence-corrected chi connectivity index (χ2v) is 5.25. The van der Waals surface area contributed by atoms with Gasteiger partial charge in [0.2, 0.25) is 0 Å². The topological polar surface area (TPSA) is 37.3 Å². The van der Waals surface area contributed by atoms with Gasteiger partial charge in [-0.1, -0.05) is 62.7 Å². The number of carbonyl (C=O) groups is 1. The molecule has 0 amide bonds. The first-order valence-corrected chi connectivity index (χ1v) is 7.68. The Morgan fingerprint density at radius 1 is 1.20 bits per heavy atom. The molecule has 0 fully saturated rings. The van der Waals surface area contributed by atoms with Crippen molar-refractivity contribution in [2.24, 2.45) is 0 Å². The van der Waals surface area contributed by atoms with Gasteiger partial charge < -0.3 is 5.11 Å². The van der Waals surface area contributed by atoms with Crippen molar-refractivity contribution in [2.75, 3.05) is 0 Å². The molecule has 0 spiro atoms. The summed E-state index contributed by atoms with van der Waals surface area (Å²) in [4.78, 5) is 10.7. The zero-order chi connectivity index (χ0) is 11.5. The van der Waals surface area contributed by atoms with Crippen LogP contribution in [0.25, 0.3) is 0 Å². The molecule has 0 aliphatic rings. The van der Waals surface area contributed by atoms with Crippen LogP contribution < -0.4 is 0 Å². The Balaban J connectivity index is 3.25. The normalized spacial score (nSPS) is 12.7. The van der Waals surface area contributed by atoms with E-state index in [9.17, 15) is 4.79 Å². The van der Waals surface area contributed by atoms with Gasteiger partial charge >= 0.3 is 5.97 Å². The van der Waals surface area contributed by atoms with E-state index in [2.05, 4.69) is 18.6 Å². The van der Waals surface area contributed by atoms with Crippen LogP contribution in [0.2, 0.25) is 0 Å². The lowest BCUT2D eigenvalue weighted by atomic mass is 10.1. The van der Waals surface area contributed by atoms with Crippen LogP contribution >= 0.6 is 22.5 Å². The van der Waals surface area contributed by atoms with Crippen molar-refractivity contribution in [3.05, 3.63) is 0 Å². The van der Waals surface area contributed by atoms with Gasteiger partial charge in [0.05, 0.1) is 0 Å². The van der Waals surface area contributed by atoms with Crippen LogP contribution in [0.1, 0.15) is 58.3 Å². The second-order valence-electron chi connectivity index (χ2n) is 3.84. The van der Waals surface area contributed by atoms with Crippen molar-refractivity contribution < 1.29 is 9.90 Å². The molecule has 15 heavy (non-hydrogen) atoms. The number of hydrogen-bond donors (Lipinski definition) is 2. The van der Waals surface area contributed by atoms with Crippen LogP contribution in [0.3, 0.4) is 0 Å². The summed E-state index contributed by atoms with van der Waals surface area (Å²) in [6.07, 6.45) is 9.36. The maximum atomic E-state index is 10.7. The summed E-state index contributed by atoms with van der Waals surface area (Å²) in [5, 5.41) is 8.45. The molecular weight excluding hydrogens is 228 g/mol. The summed E-state index contributed by atoms with van der Waals surface area (Å²) in [5.41, 5.74) is 0. The summed E-state index contributed by atoms with van der Waals surface area (Å²) in [5.74, 6) is -0.735. The van der Waals surface area contributed by atoms with Crippen LogP contribution in [0, 0.1) is 0 Å². The second kappa shape index (κ2) is 10.7. The average molecular weight is 250 g/mol. The first-order chi connectivity index (χ1) is 7.22. The number of hydrogen-bond acceptors (Lipinski definition) is 3. The fourth-order valence-electron chi connectivity index (χ4n) is 1.51. The van der Waals surface area contributed by atoms with Gasteiger partial charge in [-0.15, -0.1) is 11.7 Å². The fourth-order valence-corrected chi connectivity index (χ4v) is 2.46. The molecule has 0 aliphatic heterocycles. The predicted octanol–water partition coefficient (Wildman–Crippen LogP) is 4.16. The summed E-state index contributed by atoms with van der Waals surface area (Å²) in [6, 6.07) is 0. The first-order valence-electron chi connectivity index (χ1n) is 5.75. The van der Waals surface area contributed by atoms with Gasteiger partial charge in [0.25, 0.3) is 0 Å². The van der Waals surface area contributed by atoms with Crippen LogP contribution in [-0.4, -0.2) is 16.3 Å². The molecule has 0 heterocycles. The van der Waals surface area contributed by atoms with E-state index in [0.29, 0.717) is 0 Å². The third-order valence-electron chi connectivity index (χ3n) is 2.47. The monoisotopic (exact) mass is 250 g/mol. The molecule has 0 aliphatic carbocycles. The van der Waals surface area contributed by atoms with Crippen molar-refractivity contribution in [1.82, 2.24) is 0 Å². The smallest absolute Gasteiger partial charge is 0.317 e. The Morgan fingerprint density at radius 3 is 2.20 bits per heavy atom. The molecule has 0 radical (unpaired) electrons. The van der Waals surface area contributed by atoms with Crippen LogP contribution in [-0.2, 0) is 4.79 Å². The van der Waals surface area contributed by atoms with Gasteiger partial charge in [-0.25, -0.2) is 0 Å². The van der Waals surface area contributed by atoms with E-state index in [0.717, 1.165) is 30.1 Å². The van der Waals surface area contributed by atoms with E-state index in [1.54, 1.807) is 0 Å². The SMILES string of the molecule is CCCCCCCCCC(SS)C(=O)O. The number of thiol groups is 1. The van der Waals surface area contributed by atoms with Gasteiger partial charge in [0.15, 0.2) is 0 Å². The summed E-state index contributed by atoms with van der Waals surface area (Å²) in [7, 11) is 1.14. The zero-order valence-corrected chi connectivity index (χ0v) is 11.2. The lowest BCUT2D eigenvalue weighted by molar-refractivity contribution is -0.136. The molecule has 0 saturated carbocycles. The summed E-state index contributed by atoms with van der Waals surface area (Å²) in [6.45, 7) is 2.21. The molecule has 0 aromatic carbocycles. The van der Waals surface area contributed by atoms with Crippen molar-refractivity contribution in [3.8, 4) is 0 Å². The Labute approximate surface area is 102 Å². The van der Waals surface area contributed by atoms with Gasteiger partial charge in [0, 0.05) is 0 Å². The van der Waals surface area contributed by atoms with E-state index >= 15 is 0 Å². The highest BCUT2D eigenvalue weighted by Crippen LogP contribution is 2.21. The molecule has 90 valence electrons. The molecule has 0 aromatic heterocycles. The molecule has 4 heteroatoms. The maximum absolute atomic E-state index is 10.7. The van der Waals surface area contributed by atoms with Gasteiger partial charge in [-0.3, -0.25) is 4.79 Å². The molecule has 0 rings (SSSR count). The highest BCUT2D eigenvalue weighted by Gasteiger charge is 2.15. The van der Waals surface area contributed by atoms with Crippen LogP contribution in [0.5, 0.6) is 0 Å². The minimum atomic E-state index is -0.735. The van der Waals surface area contributed by atoms with E-state index < -0.39 is 5.97 Å². The van der Waals surface area contributed by atoms with Crippen molar-refractivity contribution >= 4 is 28.4 Å². The third kappa shape index (κ3) is 9.12. The maximum Gasteiger partial charge on any atom is 0.317 e. The Hall–Kier alpha value is 0.170. The largest absolute Gasteiger partial charge is 0.480 e. The van der Waals surface area contributed by atoms with Crippen LogP contribution in [0.15, 0.2) is 0 Å². The predicted molar refractivity (Wildman–Crippen MR) is 70.6 cm³/mol. The standard InChI is InChI=1S/C11H22O2S2/c1-2-3-4-5-6-7-8-9-10(15-14)11(12)13/h10,14H,2-9H2,1H3,(H,12,13). The molecule has 1 atom stereocenters. The molecule has 0 aromatic rings. The molecule has 1 unspecified atom stereocenters. The lowest BCUT2D eigenvalue weighted by Gasteiger charge is -2.07. The molecule has 2 nitrogen and oxygen atoms in total. The lowest BCUT2D eigenvalue weighted by Crippen LogP contribution is -2.14. The van der Waals surface area contributed by atoms with Crippen molar-refractivity contribution in [3.63, 3.8) is 0 Å². The molecule has 0 saturated heterocycles. The van der Waals surface area contributed by atoms with Gasteiger partial charge in [-0.2, -0.15) is 0 Å². The van der Waals surface area contributed by atoms with E-state index in [1.807, 2.05) is 0 Å². The number of carboxylic acid groups (broad SMARTS) is 1. The Kier molecular flexibility index (Phi) is 10.8. The van der Waals surface area contributed by atoms with Crippen LogP contribution in [0.4, 0.5) is 0 Å². The molecule has 0 bridgehead atoms. The average Bonchev–Trinajstić information content (AvgIpc) is 2.21. The minimum absolute atomic E-state index is 0.330. The molecule has 1 N–H and O–H groups in total. The van der Waals surface area contributed by atoms with E-state index in [-0.39, 0.29) is 5.25 Å². The minimum Gasteiger partial charge on any atom is -0.480 e. The van der Waals surface area contributed by atoms with Gasteiger partial charge in [-0.05, 0) is 6.42 Å². The Morgan fingerprint density at radius 2 is 1.73 bits per heavy atom. The number of unbranched alkanes of at least 4 members (excludes halogenated alkanes) is 6. The first kappa shape index (κ1) is 15.2. The number of carboxylic acids is 1. The third-order valence-corrected chi connectivity index (χ3v) is 3.93. The van der Waals surface area contributed by atoms with Crippen molar-refractivity contribution in [1.29, 1.82) is 0 Å². The quantitative estimate of drug-likeness (QED) is 0.347. The fraction of sp³-hybridized carbons (Fsp3) is 0.909. The number of aliphatic carboxylic acids is 1. The van der Waals surface area contributed by atoms with Crippen molar-refractivity contribution in [2.45, 2.75) is 63.5 Å².